The first-order valence-electron chi connectivity index (χ1n) is 27.3. The highest BCUT2D eigenvalue weighted by Crippen LogP contribution is 2.15. The van der Waals surface area contributed by atoms with Gasteiger partial charge in [-0.3, -0.25) is 14.4 Å². The van der Waals surface area contributed by atoms with Gasteiger partial charge in [-0.05, 0) is 83.5 Å². The normalized spacial score (nSPS) is 12.5. The molecule has 0 saturated heterocycles. The fourth-order valence-corrected chi connectivity index (χ4v) is 7.61. The molecule has 1 atom stereocenters. The molecule has 0 spiro atoms. The molecule has 0 aromatic rings. The van der Waals surface area contributed by atoms with Gasteiger partial charge in [-0.25, -0.2) is 0 Å². The summed E-state index contributed by atoms with van der Waals surface area (Å²) in [6.07, 6.45) is 64.9. The van der Waals surface area contributed by atoms with Crippen molar-refractivity contribution in [3.63, 3.8) is 0 Å². The third kappa shape index (κ3) is 50.1. The molecule has 0 N–H and O–H groups in total. The van der Waals surface area contributed by atoms with E-state index < -0.39 is 6.10 Å². The van der Waals surface area contributed by atoms with Gasteiger partial charge in [0.15, 0.2) is 6.10 Å². The number of allylic oxidation sites excluding steroid dienone is 10. The lowest BCUT2D eigenvalue weighted by molar-refractivity contribution is -0.167. The summed E-state index contributed by atoms with van der Waals surface area (Å²) in [5.74, 6) is -0.949. The monoisotopic (exact) mass is 895 g/mol. The van der Waals surface area contributed by atoms with Crippen molar-refractivity contribution in [3.8, 4) is 0 Å². The Hall–Kier alpha value is -2.89. The number of carbonyl (C=O) groups is 3. The van der Waals surface area contributed by atoms with Gasteiger partial charge in [0.05, 0.1) is 0 Å². The van der Waals surface area contributed by atoms with E-state index in [0.717, 1.165) is 64.2 Å². The molecule has 0 bridgehead atoms. The van der Waals surface area contributed by atoms with Crippen LogP contribution in [0.1, 0.15) is 271 Å². The van der Waals surface area contributed by atoms with E-state index in [4.69, 9.17) is 14.2 Å². The third-order valence-electron chi connectivity index (χ3n) is 11.7. The van der Waals surface area contributed by atoms with Crippen LogP contribution in [0.3, 0.4) is 0 Å². The molecular weight excluding hydrogens is 793 g/mol. The van der Waals surface area contributed by atoms with Gasteiger partial charge in [0.2, 0.25) is 0 Å². The zero-order chi connectivity index (χ0) is 46.5. The number of esters is 3. The number of rotatable bonds is 49. The van der Waals surface area contributed by atoms with E-state index >= 15 is 0 Å². The van der Waals surface area contributed by atoms with Gasteiger partial charge < -0.3 is 14.2 Å². The first-order chi connectivity index (χ1) is 31.5. The molecule has 0 aromatic heterocycles. The van der Waals surface area contributed by atoms with Crippen LogP contribution in [0.25, 0.3) is 0 Å². The van der Waals surface area contributed by atoms with E-state index in [0.29, 0.717) is 19.3 Å². The number of carbonyl (C=O) groups excluding carboxylic acids is 3. The molecule has 0 heterocycles. The van der Waals surface area contributed by atoms with Crippen molar-refractivity contribution >= 4 is 17.9 Å². The van der Waals surface area contributed by atoms with Crippen molar-refractivity contribution in [2.45, 2.75) is 277 Å². The van der Waals surface area contributed by atoms with Crippen LogP contribution in [-0.2, 0) is 28.6 Å². The lowest BCUT2D eigenvalue weighted by atomic mass is 10.0. The van der Waals surface area contributed by atoms with Crippen LogP contribution in [0, 0.1) is 0 Å². The van der Waals surface area contributed by atoms with E-state index in [2.05, 4.69) is 81.5 Å². The topological polar surface area (TPSA) is 78.9 Å². The Morgan fingerprint density at radius 1 is 0.312 bits per heavy atom. The Labute approximate surface area is 396 Å². The molecule has 0 radical (unpaired) electrons. The summed E-state index contributed by atoms with van der Waals surface area (Å²) in [4.78, 5) is 38.0. The van der Waals surface area contributed by atoms with Gasteiger partial charge >= 0.3 is 17.9 Å². The summed E-state index contributed by atoms with van der Waals surface area (Å²) in [7, 11) is 0. The highest BCUT2D eigenvalue weighted by Gasteiger charge is 2.19. The van der Waals surface area contributed by atoms with Gasteiger partial charge in [0.1, 0.15) is 13.2 Å². The molecule has 6 nitrogen and oxygen atoms in total. The highest BCUT2D eigenvalue weighted by atomic mass is 16.6. The first-order valence-corrected chi connectivity index (χ1v) is 27.3. The van der Waals surface area contributed by atoms with Crippen molar-refractivity contribution in [2.24, 2.45) is 0 Å². The summed E-state index contributed by atoms with van der Waals surface area (Å²) < 4.78 is 16.8. The van der Waals surface area contributed by atoms with Gasteiger partial charge in [0.25, 0.3) is 0 Å². The average Bonchev–Trinajstić information content (AvgIpc) is 3.29. The Morgan fingerprint density at radius 2 is 0.578 bits per heavy atom. The summed E-state index contributed by atoms with van der Waals surface area (Å²) >= 11 is 0. The van der Waals surface area contributed by atoms with Gasteiger partial charge in [-0.15, -0.1) is 0 Å². The molecule has 0 fully saturated rings. The fourth-order valence-electron chi connectivity index (χ4n) is 7.61. The van der Waals surface area contributed by atoms with Crippen LogP contribution in [0.5, 0.6) is 0 Å². The standard InChI is InChI=1S/C58H102O6/c1-4-7-10-13-16-19-22-25-27-29-31-33-36-39-42-45-48-51-57(60)63-54-55(53-62-56(59)50-47-44-41-38-35-24-21-18-15-12-9-6-3)64-58(61)52-49-46-43-40-37-34-32-30-28-26-23-20-17-14-11-8-5-2/h17,20,25-28,32,34,40,43,55H,4-16,18-19,21-24,29-31,33,35-39,41-42,44-54H2,1-3H3/b20-17-,27-25-,28-26-,34-32-,43-40-/t55-/m0/s1. The number of ether oxygens (including phenoxy) is 3. The second kappa shape index (κ2) is 52.7. The minimum absolute atomic E-state index is 0.0950. The maximum absolute atomic E-state index is 12.8. The van der Waals surface area contributed by atoms with E-state index in [1.165, 1.54) is 161 Å². The van der Waals surface area contributed by atoms with Crippen LogP contribution >= 0.6 is 0 Å². The van der Waals surface area contributed by atoms with Crippen molar-refractivity contribution < 1.29 is 28.6 Å². The van der Waals surface area contributed by atoms with Crippen molar-refractivity contribution in [3.05, 3.63) is 60.8 Å². The molecule has 0 rings (SSSR count). The second-order valence-electron chi connectivity index (χ2n) is 18.1. The molecule has 64 heavy (non-hydrogen) atoms. The summed E-state index contributed by atoms with van der Waals surface area (Å²) in [6, 6.07) is 0. The predicted molar refractivity (Wildman–Crippen MR) is 275 cm³/mol. The maximum atomic E-state index is 12.8. The van der Waals surface area contributed by atoms with Crippen LogP contribution in [-0.4, -0.2) is 37.2 Å². The molecule has 0 saturated carbocycles. The Kier molecular flexibility index (Phi) is 50.4. The van der Waals surface area contributed by atoms with Crippen LogP contribution in [0.2, 0.25) is 0 Å². The SMILES string of the molecule is CCCCC/C=C\C/C=C\C/C=C\C/C=C\CCCC(=O)O[C@H](COC(=O)CCCCCCCCC/C=C\CCCCCCCC)COC(=O)CCCCCCCCCCCCCC. The Morgan fingerprint density at radius 3 is 0.969 bits per heavy atom. The zero-order valence-electron chi connectivity index (χ0n) is 42.3. The maximum Gasteiger partial charge on any atom is 0.306 e. The first kappa shape index (κ1) is 61.1. The largest absolute Gasteiger partial charge is 0.462 e. The molecule has 0 aliphatic carbocycles. The minimum atomic E-state index is -0.802. The highest BCUT2D eigenvalue weighted by molar-refractivity contribution is 5.71. The van der Waals surface area contributed by atoms with Crippen LogP contribution < -0.4 is 0 Å². The quantitative estimate of drug-likeness (QED) is 0.0262. The molecule has 0 unspecified atom stereocenters. The van der Waals surface area contributed by atoms with E-state index in [-0.39, 0.29) is 37.5 Å². The Balaban J connectivity index is 4.45. The molecule has 0 aliphatic rings. The summed E-state index contributed by atoms with van der Waals surface area (Å²) in [6.45, 7) is 6.57. The molecular formula is C58H102O6. The van der Waals surface area contributed by atoms with Crippen molar-refractivity contribution in [1.29, 1.82) is 0 Å². The summed E-state index contributed by atoms with van der Waals surface area (Å²) in [5, 5.41) is 0. The molecule has 0 aromatic carbocycles. The lowest BCUT2D eigenvalue weighted by Crippen LogP contribution is -2.30. The van der Waals surface area contributed by atoms with E-state index in [1.807, 2.05) is 0 Å². The summed E-state index contributed by atoms with van der Waals surface area (Å²) in [5.41, 5.74) is 0. The molecule has 0 amide bonds. The van der Waals surface area contributed by atoms with Crippen molar-refractivity contribution in [1.82, 2.24) is 0 Å². The van der Waals surface area contributed by atoms with Crippen LogP contribution in [0.15, 0.2) is 60.8 Å². The predicted octanol–water partition coefficient (Wildman–Crippen LogP) is 18.0. The molecule has 6 heteroatoms. The minimum Gasteiger partial charge on any atom is -0.462 e. The zero-order valence-corrected chi connectivity index (χ0v) is 42.3. The molecule has 0 aliphatic heterocycles. The Bertz CT molecular complexity index is 1170. The van der Waals surface area contributed by atoms with Gasteiger partial charge in [-0.1, -0.05) is 229 Å². The smallest absolute Gasteiger partial charge is 0.306 e. The fraction of sp³-hybridized carbons (Fsp3) is 0.776. The average molecular weight is 895 g/mol. The van der Waals surface area contributed by atoms with Gasteiger partial charge in [0, 0.05) is 19.3 Å². The number of hydrogen-bond acceptors (Lipinski definition) is 6. The second-order valence-corrected chi connectivity index (χ2v) is 18.1. The molecule has 370 valence electrons. The van der Waals surface area contributed by atoms with Gasteiger partial charge in [-0.2, -0.15) is 0 Å². The van der Waals surface area contributed by atoms with E-state index in [9.17, 15) is 14.4 Å². The lowest BCUT2D eigenvalue weighted by Gasteiger charge is -2.18. The van der Waals surface area contributed by atoms with Crippen LogP contribution in [0.4, 0.5) is 0 Å². The third-order valence-corrected chi connectivity index (χ3v) is 11.7. The number of unbranched alkanes of at least 4 members (excludes halogenated alkanes) is 28. The number of hydrogen-bond donors (Lipinski definition) is 0. The van der Waals surface area contributed by atoms with Crippen molar-refractivity contribution in [2.75, 3.05) is 13.2 Å². The van der Waals surface area contributed by atoms with E-state index in [1.54, 1.807) is 0 Å².